The van der Waals surface area contributed by atoms with Crippen molar-refractivity contribution in [1.82, 2.24) is 25.8 Å². The molecule has 0 aromatic heterocycles. The van der Waals surface area contributed by atoms with Crippen molar-refractivity contribution in [3.8, 4) is 0 Å². The van der Waals surface area contributed by atoms with Gasteiger partial charge in [0.05, 0.1) is 24.4 Å². The van der Waals surface area contributed by atoms with E-state index in [2.05, 4.69) is 10.9 Å². The molecule has 0 aromatic rings. The lowest BCUT2D eigenvalue weighted by atomic mass is 9.69. The van der Waals surface area contributed by atoms with E-state index < -0.39 is 41.1 Å². The molecule has 1 saturated heterocycles. The maximum atomic E-state index is 14.6. The van der Waals surface area contributed by atoms with Gasteiger partial charge in [-0.05, 0) is 47.0 Å². The van der Waals surface area contributed by atoms with E-state index in [0.717, 1.165) is 16.4 Å². The van der Waals surface area contributed by atoms with Gasteiger partial charge < -0.3 is 25.8 Å². The Morgan fingerprint density at radius 1 is 0.811 bits per heavy atom. The number of likely N-dealkylation sites (tertiary alicyclic amines) is 1. The predicted octanol–water partition coefficient (Wildman–Crippen LogP) is -0.930. The lowest BCUT2D eigenvalue weighted by Gasteiger charge is -2.49. The zero-order valence-corrected chi connectivity index (χ0v) is 21.4. The molecule has 0 atom stereocenters. The van der Waals surface area contributed by atoms with Gasteiger partial charge in [0.25, 0.3) is 0 Å². The van der Waals surface area contributed by atoms with Crippen LogP contribution in [-0.2, 0) is 23.9 Å². The number of nitrogens with two attached hydrogens (primary N) is 3. The van der Waals surface area contributed by atoms with Crippen LogP contribution in [0.1, 0.15) is 47.0 Å². The standard InChI is InChI=1S/C22H34N8O7/c1-5-36-16(31)14-12(3)29(26-19(23)34)22(25)21(14,18(33)28-10-8-7-9-11-28)15(17(32)37-6-2)13(4)30(22)27-20(24)35/h5-11,25H2,1-4H3,(H3,23,26,34)(H3,24,27,35). The second-order valence-corrected chi connectivity index (χ2v) is 8.81. The highest BCUT2D eigenvalue weighted by Gasteiger charge is 2.78. The first-order chi connectivity index (χ1) is 17.4. The first kappa shape index (κ1) is 27.6. The Kier molecular flexibility index (Phi) is 7.57. The molecular formula is C22H34N8O7. The van der Waals surface area contributed by atoms with Crippen molar-refractivity contribution in [2.75, 3.05) is 26.3 Å². The van der Waals surface area contributed by atoms with E-state index in [1.54, 1.807) is 13.8 Å². The Morgan fingerprint density at radius 2 is 1.22 bits per heavy atom. The number of hydrogen-bond donors (Lipinski definition) is 5. The van der Waals surface area contributed by atoms with Crippen molar-refractivity contribution in [3.05, 3.63) is 22.5 Å². The largest absolute Gasteiger partial charge is 0.463 e. The van der Waals surface area contributed by atoms with Crippen molar-refractivity contribution in [1.29, 1.82) is 0 Å². The molecule has 0 unspecified atom stereocenters. The van der Waals surface area contributed by atoms with Crippen molar-refractivity contribution < 1.29 is 33.4 Å². The molecule has 3 aliphatic rings. The quantitative estimate of drug-likeness (QED) is 0.259. The highest BCUT2D eigenvalue weighted by atomic mass is 16.5. The van der Waals surface area contributed by atoms with E-state index in [1.807, 2.05) is 0 Å². The fraction of sp³-hybridized carbons (Fsp3) is 0.591. The topological polar surface area (TPSA) is 216 Å². The number of nitrogens with zero attached hydrogens (tertiary/aromatic N) is 3. The molecule has 15 heteroatoms. The number of amides is 5. The number of hydrogen-bond acceptors (Lipinski definition) is 10. The number of urea groups is 2. The van der Waals surface area contributed by atoms with Crippen LogP contribution in [0.5, 0.6) is 0 Å². The average molecular weight is 523 g/mol. The van der Waals surface area contributed by atoms with E-state index in [9.17, 15) is 24.0 Å². The Bertz CT molecular complexity index is 1020. The highest BCUT2D eigenvalue weighted by Crippen LogP contribution is 2.61. The average Bonchev–Trinajstić information content (AvgIpc) is 3.14. The number of piperidine rings is 1. The van der Waals surface area contributed by atoms with Crippen molar-refractivity contribution in [3.63, 3.8) is 0 Å². The highest BCUT2D eigenvalue weighted by molar-refractivity contribution is 6.12. The maximum absolute atomic E-state index is 14.6. The molecule has 0 radical (unpaired) electrons. The molecule has 8 N–H and O–H groups in total. The van der Waals surface area contributed by atoms with Crippen LogP contribution in [0.4, 0.5) is 9.59 Å². The Morgan fingerprint density at radius 3 is 1.57 bits per heavy atom. The van der Waals surface area contributed by atoms with Crippen LogP contribution in [-0.4, -0.2) is 76.9 Å². The van der Waals surface area contributed by atoms with Crippen LogP contribution >= 0.6 is 0 Å². The summed E-state index contributed by atoms with van der Waals surface area (Å²) in [6, 6.07) is -2.18. The second-order valence-electron chi connectivity index (χ2n) is 8.81. The number of rotatable bonds is 7. The third-order valence-electron chi connectivity index (χ3n) is 6.75. The van der Waals surface area contributed by atoms with Crippen LogP contribution in [0.2, 0.25) is 0 Å². The summed E-state index contributed by atoms with van der Waals surface area (Å²) in [6.45, 7) is 6.47. The maximum Gasteiger partial charge on any atom is 0.337 e. The smallest absolute Gasteiger partial charge is 0.337 e. The minimum Gasteiger partial charge on any atom is -0.463 e. The zero-order chi connectivity index (χ0) is 27.7. The van der Waals surface area contributed by atoms with Gasteiger partial charge >= 0.3 is 24.0 Å². The van der Waals surface area contributed by atoms with Gasteiger partial charge in [0, 0.05) is 24.5 Å². The fourth-order valence-electron chi connectivity index (χ4n) is 5.48. The molecule has 1 fully saturated rings. The molecule has 0 bridgehead atoms. The third-order valence-corrected chi connectivity index (χ3v) is 6.75. The first-order valence-corrected chi connectivity index (χ1v) is 12.0. The van der Waals surface area contributed by atoms with E-state index in [4.69, 9.17) is 26.7 Å². The Labute approximate surface area is 213 Å². The minimum absolute atomic E-state index is 0.0318. The van der Waals surface area contributed by atoms with Gasteiger partial charge in [-0.1, -0.05) is 0 Å². The second kappa shape index (κ2) is 10.2. The predicted molar refractivity (Wildman–Crippen MR) is 128 cm³/mol. The molecule has 15 nitrogen and oxygen atoms in total. The molecule has 0 aliphatic carbocycles. The number of ether oxygens (including phenoxy) is 2. The minimum atomic E-state index is -2.33. The van der Waals surface area contributed by atoms with Crippen LogP contribution in [0.25, 0.3) is 0 Å². The molecule has 3 aliphatic heterocycles. The summed E-state index contributed by atoms with van der Waals surface area (Å²) in [6.07, 6.45) is 2.25. The lowest BCUT2D eigenvalue weighted by molar-refractivity contribution is -0.160. The first-order valence-electron chi connectivity index (χ1n) is 12.0. The summed E-state index contributed by atoms with van der Waals surface area (Å²) in [5.41, 5.74) is 19.5. The van der Waals surface area contributed by atoms with Crippen molar-refractivity contribution in [2.45, 2.75) is 52.7 Å². The zero-order valence-electron chi connectivity index (χ0n) is 21.4. The summed E-state index contributed by atoms with van der Waals surface area (Å²) in [4.78, 5) is 67.4. The van der Waals surface area contributed by atoms with Gasteiger partial charge in [-0.3, -0.25) is 10.5 Å². The Balaban J connectivity index is 2.47. The molecule has 0 aromatic carbocycles. The number of nitrogens with one attached hydrogen (secondary N) is 2. The number of esters is 2. The van der Waals surface area contributed by atoms with Gasteiger partial charge in [0.15, 0.2) is 5.41 Å². The summed E-state index contributed by atoms with van der Waals surface area (Å²) >= 11 is 0. The number of fused-ring (bicyclic) bond motifs is 1. The molecule has 5 amide bonds. The number of hydrazine groups is 2. The number of carbonyl (C=O) groups is 5. The van der Waals surface area contributed by atoms with E-state index in [1.165, 1.54) is 18.7 Å². The third kappa shape index (κ3) is 3.98. The molecule has 3 rings (SSSR count). The molecule has 204 valence electrons. The fourth-order valence-corrected chi connectivity index (χ4v) is 5.48. The van der Waals surface area contributed by atoms with Gasteiger partial charge in [-0.2, -0.15) is 0 Å². The van der Waals surface area contributed by atoms with Crippen molar-refractivity contribution in [2.24, 2.45) is 22.6 Å². The summed E-state index contributed by atoms with van der Waals surface area (Å²) in [5, 5.41) is 1.93. The lowest BCUT2D eigenvalue weighted by Crippen LogP contribution is -2.77. The number of carbonyl (C=O) groups excluding carboxylic acids is 5. The number of primary amides is 2. The normalized spacial score (nSPS) is 25.2. The van der Waals surface area contributed by atoms with E-state index >= 15 is 0 Å². The van der Waals surface area contributed by atoms with E-state index in [0.29, 0.717) is 25.9 Å². The molecule has 0 saturated carbocycles. The molecule has 37 heavy (non-hydrogen) atoms. The molecule has 0 spiro atoms. The van der Waals surface area contributed by atoms with Crippen LogP contribution in [0, 0.1) is 5.41 Å². The van der Waals surface area contributed by atoms with Crippen molar-refractivity contribution >= 4 is 29.9 Å². The summed E-state index contributed by atoms with van der Waals surface area (Å²) in [5.74, 6) is -4.94. The summed E-state index contributed by atoms with van der Waals surface area (Å²) in [7, 11) is 0. The van der Waals surface area contributed by atoms with Gasteiger partial charge in [0.2, 0.25) is 11.7 Å². The Hall–Kier alpha value is -4.01. The van der Waals surface area contributed by atoms with Gasteiger partial charge in [0.1, 0.15) is 0 Å². The van der Waals surface area contributed by atoms with E-state index in [-0.39, 0.29) is 35.8 Å². The van der Waals surface area contributed by atoms with Crippen LogP contribution < -0.4 is 28.1 Å². The molecule has 3 heterocycles. The van der Waals surface area contributed by atoms with Crippen LogP contribution in [0.3, 0.4) is 0 Å². The summed E-state index contributed by atoms with van der Waals surface area (Å²) < 4.78 is 10.6. The van der Waals surface area contributed by atoms with Crippen LogP contribution in [0.15, 0.2) is 22.5 Å². The van der Waals surface area contributed by atoms with Gasteiger partial charge in [-0.25, -0.2) is 40.0 Å². The number of allylic oxidation sites excluding steroid dienone is 2. The monoisotopic (exact) mass is 522 g/mol. The SMILES string of the molecule is CCOC(=O)C1=C(C)N(NC(N)=O)C2(N)N(NC(N)=O)C(C)=C(C(=O)OCC)C12C(=O)N1CCCCC1. The molecular weight excluding hydrogens is 488 g/mol. The van der Waals surface area contributed by atoms with Gasteiger partial charge in [-0.15, -0.1) is 0 Å².